The standard InChI is InChI=1S/C15H17N7O2/c1-9(2)15(24)19-13-6-22(21-20-13)7-14(23)18-10-3-4-11-12(5-10)17-8-16-11/h3-6,8-9H,7H2,1-2H3,(H,16,17)(H,18,23)(H,19,24). The van der Waals surface area contributed by atoms with E-state index in [4.69, 9.17) is 0 Å². The minimum Gasteiger partial charge on any atom is -0.345 e. The first-order chi connectivity index (χ1) is 11.5. The molecule has 0 bridgehead atoms. The highest BCUT2D eigenvalue weighted by molar-refractivity contribution is 5.93. The Morgan fingerprint density at radius 3 is 2.92 bits per heavy atom. The maximum atomic E-state index is 12.1. The fourth-order valence-corrected chi connectivity index (χ4v) is 2.06. The molecule has 3 N–H and O–H groups in total. The zero-order valence-electron chi connectivity index (χ0n) is 13.3. The molecule has 2 aromatic heterocycles. The van der Waals surface area contributed by atoms with E-state index in [9.17, 15) is 9.59 Å². The van der Waals surface area contributed by atoms with Crippen LogP contribution < -0.4 is 10.6 Å². The number of hydrogen-bond donors (Lipinski definition) is 3. The lowest BCUT2D eigenvalue weighted by molar-refractivity contribution is -0.119. The van der Waals surface area contributed by atoms with Crippen LogP contribution in [0.3, 0.4) is 0 Å². The van der Waals surface area contributed by atoms with Gasteiger partial charge in [-0.15, -0.1) is 5.10 Å². The lowest BCUT2D eigenvalue weighted by Crippen LogP contribution is -2.19. The van der Waals surface area contributed by atoms with E-state index < -0.39 is 0 Å². The number of nitrogens with zero attached hydrogens (tertiary/aromatic N) is 4. The molecule has 0 fully saturated rings. The lowest BCUT2D eigenvalue weighted by Gasteiger charge is -2.05. The molecule has 3 rings (SSSR count). The first-order valence-corrected chi connectivity index (χ1v) is 7.45. The van der Waals surface area contributed by atoms with Crippen LogP contribution in [-0.4, -0.2) is 36.8 Å². The summed E-state index contributed by atoms with van der Waals surface area (Å²) in [6.45, 7) is 3.55. The summed E-state index contributed by atoms with van der Waals surface area (Å²) in [4.78, 5) is 30.8. The SMILES string of the molecule is CC(C)C(=O)Nc1cn(CC(=O)Nc2ccc3nc[nH]c3c2)nn1. The van der Waals surface area contributed by atoms with Crippen molar-refractivity contribution in [3.05, 3.63) is 30.7 Å². The molecule has 0 saturated heterocycles. The highest BCUT2D eigenvalue weighted by Crippen LogP contribution is 2.15. The fourth-order valence-electron chi connectivity index (χ4n) is 2.06. The van der Waals surface area contributed by atoms with Gasteiger partial charge in [-0.1, -0.05) is 19.1 Å². The van der Waals surface area contributed by atoms with Crippen LogP contribution in [0.1, 0.15) is 13.8 Å². The Bertz CT molecular complexity index is 881. The third kappa shape index (κ3) is 3.57. The molecule has 1 aromatic carbocycles. The van der Waals surface area contributed by atoms with Crippen molar-refractivity contribution >= 4 is 34.4 Å². The van der Waals surface area contributed by atoms with Gasteiger partial charge in [-0.25, -0.2) is 9.67 Å². The number of hydrogen-bond acceptors (Lipinski definition) is 5. The minimum atomic E-state index is -0.250. The van der Waals surface area contributed by atoms with Crippen LogP contribution in [0.5, 0.6) is 0 Å². The molecule has 0 aliphatic heterocycles. The average molecular weight is 327 g/mol. The molecule has 0 unspecified atom stereocenters. The van der Waals surface area contributed by atoms with Crippen LogP contribution in [0.15, 0.2) is 30.7 Å². The first-order valence-electron chi connectivity index (χ1n) is 7.45. The van der Waals surface area contributed by atoms with Crippen LogP contribution in [0.4, 0.5) is 11.5 Å². The molecule has 0 atom stereocenters. The van der Waals surface area contributed by atoms with E-state index in [0.717, 1.165) is 11.0 Å². The van der Waals surface area contributed by atoms with Gasteiger partial charge in [0.2, 0.25) is 11.8 Å². The maximum absolute atomic E-state index is 12.1. The van der Waals surface area contributed by atoms with Crippen molar-refractivity contribution in [2.75, 3.05) is 10.6 Å². The number of aromatic amines is 1. The number of H-pyrrole nitrogens is 1. The molecule has 0 aliphatic carbocycles. The summed E-state index contributed by atoms with van der Waals surface area (Å²) >= 11 is 0. The Balaban J connectivity index is 1.60. The molecular formula is C15H17N7O2. The second kappa shape index (κ2) is 6.49. The molecule has 124 valence electrons. The summed E-state index contributed by atoms with van der Waals surface area (Å²) < 4.78 is 1.36. The van der Waals surface area contributed by atoms with Gasteiger partial charge >= 0.3 is 0 Å². The van der Waals surface area contributed by atoms with E-state index in [-0.39, 0.29) is 24.3 Å². The number of benzene rings is 1. The monoisotopic (exact) mass is 327 g/mol. The van der Waals surface area contributed by atoms with Crippen molar-refractivity contribution < 1.29 is 9.59 Å². The predicted octanol–water partition coefficient (Wildman–Crippen LogP) is 1.39. The number of fused-ring (bicyclic) bond motifs is 1. The van der Waals surface area contributed by atoms with Gasteiger partial charge in [0.15, 0.2) is 5.82 Å². The van der Waals surface area contributed by atoms with Crippen molar-refractivity contribution in [2.45, 2.75) is 20.4 Å². The van der Waals surface area contributed by atoms with Gasteiger partial charge in [0.05, 0.1) is 23.6 Å². The molecule has 2 heterocycles. The topological polar surface area (TPSA) is 118 Å². The zero-order chi connectivity index (χ0) is 17.1. The van der Waals surface area contributed by atoms with Crippen molar-refractivity contribution in [1.82, 2.24) is 25.0 Å². The summed E-state index contributed by atoms with van der Waals surface area (Å²) in [5.41, 5.74) is 2.33. The fraction of sp³-hybridized carbons (Fsp3) is 0.267. The molecule has 0 spiro atoms. The smallest absolute Gasteiger partial charge is 0.246 e. The Labute approximate surface area is 137 Å². The Hall–Kier alpha value is -3.23. The summed E-state index contributed by atoms with van der Waals surface area (Å²) in [5.74, 6) is -0.240. The van der Waals surface area contributed by atoms with Gasteiger partial charge in [-0.05, 0) is 18.2 Å². The molecular weight excluding hydrogens is 310 g/mol. The number of anilines is 2. The second-order valence-corrected chi connectivity index (χ2v) is 5.63. The third-order valence-corrected chi connectivity index (χ3v) is 3.32. The summed E-state index contributed by atoms with van der Waals surface area (Å²) in [6.07, 6.45) is 3.11. The average Bonchev–Trinajstić information content (AvgIpc) is 3.15. The second-order valence-electron chi connectivity index (χ2n) is 5.63. The summed E-state index contributed by atoms with van der Waals surface area (Å²) in [5, 5.41) is 13.1. The van der Waals surface area contributed by atoms with E-state index >= 15 is 0 Å². The van der Waals surface area contributed by atoms with Crippen molar-refractivity contribution in [2.24, 2.45) is 5.92 Å². The van der Waals surface area contributed by atoms with Crippen LogP contribution in [0.2, 0.25) is 0 Å². The Kier molecular flexibility index (Phi) is 4.23. The predicted molar refractivity (Wildman–Crippen MR) is 88.2 cm³/mol. The van der Waals surface area contributed by atoms with Crippen LogP contribution in [0.25, 0.3) is 11.0 Å². The number of carbonyl (C=O) groups excluding carboxylic acids is 2. The van der Waals surface area contributed by atoms with E-state index in [1.54, 1.807) is 32.3 Å². The highest BCUT2D eigenvalue weighted by atomic mass is 16.2. The van der Waals surface area contributed by atoms with Gasteiger partial charge in [0.25, 0.3) is 0 Å². The molecule has 24 heavy (non-hydrogen) atoms. The summed E-state index contributed by atoms with van der Waals surface area (Å²) in [7, 11) is 0. The van der Waals surface area contributed by atoms with Gasteiger partial charge in [0, 0.05) is 11.6 Å². The van der Waals surface area contributed by atoms with E-state index in [1.165, 1.54) is 10.9 Å². The van der Waals surface area contributed by atoms with Gasteiger partial charge < -0.3 is 15.6 Å². The summed E-state index contributed by atoms with van der Waals surface area (Å²) in [6, 6.07) is 5.39. The van der Waals surface area contributed by atoms with Gasteiger partial charge in [0.1, 0.15) is 6.54 Å². The number of carbonyl (C=O) groups is 2. The van der Waals surface area contributed by atoms with Crippen LogP contribution in [-0.2, 0) is 16.1 Å². The lowest BCUT2D eigenvalue weighted by atomic mass is 10.2. The van der Waals surface area contributed by atoms with Crippen LogP contribution in [0, 0.1) is 5.92 Å². The molecule has 0 aliphatic rings. The van der Waals surface area contributed by atoms with Crippen molar-refractivity contribution in [3.8, 4) is 0 Å². The number of imidazole rings is 1. The quantitative estimate of drug-likeness (QED) is 0.654. The normalized spacial score (nSPS) is 11.0. The maximum Gasteiger partial charge on any atom is 0.246 e. The highest BCUT2D eigenvalue weighted by Gasteiger charge is 2.11. The zero-order valence-corrected chi connectivity index (χ0v) is 13.3. The van der Waals surface area contributed by atoms with E-state index in [1.807, 2.05) is 6.07 Å². The molecule has 9 heteroatoms. The molecule has 2 amide bonds. The van der Waals surface area contributed by atoms with E-state index in [0.29, 0.717) is 11.5 Å². The Morgan fingerprint density at radius 2 is 2.12 bits per heavy atom. The Morgan fingerprint density at radius 1 is 1.29 bits per heavy atom. The molecule has 3 aromatic rings. The van der Waals surface area contributed by atoms with Crippen molar-refractivity contribution in [1.29, 1.82) is 0 Å². The largest absolute Gasteiger partial charge is 0.345 e. The van der Waals surface area contributed by atoms with Crippen molar-refractivity contribution in [3.63, 3.8) is 0 Å². The number of rotatable bonds is 5. The van der Waals surface area contributed by atoms with E-state index in [2.05, 4.69) is 30.9 Å². The third-order valence-electron chi connectivity index (χ3n) is 3.32. The molecule has 9 nitrogen and oxygen atoms in total. The van der Waals surface area contributed by atoms with Gasteiger partial charge in [-0.2, -0.15) is 0 Å². The number of aromatic nitrogens is 5. The molecule has 0 saturated carbocycles. The minimum absolute atomic E-state index is 0.00837. The first kappa shape index (κ1) is 15.7. The number of nitrogens with one attached hydrogen (secondary N) is 3. The van der Waals surface area contributed by atoms with Gasteiger partial charge in [-0.3, -0.25) is 9.59 Å². The number of amides is 2. The van der Waals surface area contributed by atoms with Crippen LogP contribution >= 0.6 is 0 Å². The molecule has 0 radical (unpaired) electrons.